The van der Waals surface area contributed by atoms with Gasteiger partial charge >= 0.3 is 0 Å². The molecule has 0 aliphatic carbocycles. The van der Waals surface area contributed by atoms with Crippen molar-refractivity contribution in [2.75, 3.05) is 45.9 Å². The predicted octanol–water partition coefficient (Wildman–Crippen LogP) is 2.10. The second-order valence-corrected chi connectivity index (χ2v) is 17.3. The lowest BCUT2D eigenvalue weighted by Gasteiger charge is -2.45. The monoisotopic (exact) mass is 546 g/mol. The number of nitrogens with zero attached hydrogens (tertiary/aromatic N) is 1. The molecule has 0 amide bonds. The highest BCUT2D eigenvalue weighted by molar-refractivity contribution is 7.91. The third-order valence-electron chi connectivity index (χ3n) is 9.11. The van der Waals surface area contributed by atoms with Crippen LogP contribution in [0.2, 0.25) is 0 Å². The second-order valence-electron chi connectivity index (χ2n) is 13.4. The Morgan fingerprint density at radius 2 is 1.31 bits per heavy atom. The molecule has 210 valence electrons. The van der Waals surface area contributed by atoms with Gasteiger partial charge in [0.15, 0.2) is 4.75 Å². The Labute approximate surface area is 225 Å². The summed E-state index contributed by atoms with van der Waals surface area (Å²) >= 11 is -2.30. The zero-order valence-corrected chi connectivity index (χ0v) is 25.1. The van der Waals surface area contributed by atoms with Crippen molar-refractivity contribution in [2.24, 2.45) is 10.8 Å². The average Bonchev–Trinajstić information content (AvgIpc) is 3.27. The van der Waals surface area contributed by atoms with E-state index >= 15 is 0 Å². The highest BCUT2D eigenvalue weighted by Crippen LogP contribution is 2.44. The smallest absolute Gasteiger partial charge is 0.152 e. The van der Waals surface area contributed by atoms with Crippen LogP contribution in [-0.4, -0.2) is 93.7 Å². The lowest BCUT2D eigenvalue weighted by molar-refractivity contribution is 0.0642. The number of ether oxygens (including phenoxy) is 2. The minimum atomic E-state index is -1.18. The van der Waals surface area contributed by atoms with Crippen LogP contribution in [0.15, 0.2) is 0 Å². The van der Waals surface area contributed by atoms with E-state index in [4.69, 9.17) is 9.47 Å². The molecule has 4 saturated heterocycles. The van der Waals surface area contributed by atoms with Crippen molar-refractivity contribution in [1.82, 2.24) is 19.7 Å². The molecule has 4 rings (SSSR count). The SMILES string of the molecule is C[C@H]1OCC2(CCNCC2)[C@@H]1N[S@+]([O-])C(C)(C)CN1CCC2(CC1)CO[C@H](C)[C@@H]2N[S@+]([O-])C(C)(C)C. The molecule has 2 spiro atoms. The van der Waals surface area contributed by atoms with Crippen molar-refractivity contribution < 1.29 is 18.6 Å². The summed E-state index contributed by atoms with van der Waals surface area (Å²) in [5.74, 6) is 0. The van der Waals surface area contributed by atoms with Crippen LogP contribution in [0.4, 0.5) is 0 Å². The molecule has 36 heavy (non-hydrogen) atoms. The molecule has 10 heteroatoms. The van der Waals surface area contributed by atoms with E-state index in [1.807, 2.05) is 20.8 Å². The van der Waals surface area contributed by atoms with Gasteiger partial charge in [0.2, 0.25) is 0 Å². The molecule has 0 saturated carbocycles. The molecule has 0 radical (unpaired) electrons. The number of hydrogen-bond donors (Lipinski definition) is 3. The lowest BCUT2D eigenvalue weighted by atomic mass is 9.73. The van der Waals surface area contributed by atoms with E-state index in [1.54, 1.807) is 0 Å². The van der Waals surface area contributed by atoms with Gasteiger partial charge in [0.25, 0.3) is 0 Å². The first-order valence-electron chi connectivity index (χ1n) is 13.8. The molecule has 4 aliphatic rings. The topological polar surface area (TPSA) is 104 Å². The molecule has 4 heterocycles. The minimum absolute atomic E-state index is 0.0103. The molecular weight excluding hydrogens is 496 g/mol. The zero-order valence-electron chi connectivity index (χ0n) is 23.5. The molecule has 0 aromatic heterocycles. The van der Waals surface area contributed by atoms with Crippen molar-refractivity contribution in [1.29, 1.82) is 0 Å². The van der Waals surface area contributed by atoms with E-state index in [-0.39, 0.29) is 44.6 Å². The summed E-state index contributed by atoms with van der Waals surface area (Å²) in [5, 5.41) is 3.46. The zero-order chi connectivity index (χ0) is 26.4. The largest absolute Gasteiger partial charge is 0.598 e. The minimum Gasteiger partial charge on any atom is -0.598 e. The first-order chi connectivity index (χ1) is 16.8. The van der Waals surface area contributed by atoms with Crippen LogP contribution in [0.25, 0.3) is 0 Å². The van der Waals surface area contributed by atoms with E-state index < -0.39 is 22.7 Å². The Balaban J connectivity index is 1.34. The van der Waals surface area contributed by atoms with Gasteiger partial charge in [-0.25, -0.2) is 0 Å². The maximum Gasteiger partial charge on any atom is 0.152 e. The van der Waals surface area contributed by atoms with Crippen molar-refractivity contribution in [3.63, 3.8) is 0 Å². The van der Waals surface area contributed by atoms with E-state index in [9.17, 15) is 9.11 Å². The quantitative estimate of drug-likeness (QED) is 0.417. The number of piperidine rings is 2. The van der Waals surface area contributed by atoms with Crippen LogP contribution >= 0.6 is 0 Å². The van der Waals surface area contributed by atoms with Gasteiger partial charge < -0.3 is 23.9 Å². The molecular formula is C26H50N4O4S2. The van der Waals surface area contributed by atoms with Crippen LogP contribution in [0.1, 0.15) is 74.1 Å². The Kier molecular flexibility index (Phi) is 9.05. The highest BCUT2D eigenvalue weighted by Gasteiger charge is 2.54. The van der Waals surface area contributed by atoms with Crippen LogP contribution < -0.4 is 14.8 Å². The van der Waals surface area contributed by atoms with Crippen molar-refractivity contribution in [2.45, 2.75) is 108 Å². The molecule has 4 aliphatic heterocycles. The fourth-order valence-corrected chi connectivity index (χ4v) is 8.88. The number of hydrogen-bond acceptors (Lipinski definition) is 8. The molecule has 3 N–H and O–H groups in total. The molecule has 8 nitrogen and oxygen atoms in total. The summed E-state index contributed by atoms with van der Waals surface area (Å²) in [7, 11) is 0. The maximum atomic E-state index is 13.7. The van der Waals surface area contributed by atoms with Gasteiger partial charge in [0.05, 0.1) is 44.1 Å². The van der Waals surface area contributed by atoms with Crippen LogP contribution in [-0.2, 0) is 32.2 Å². The third-order valence-corrected chi connectivity index (χ3v) is 12.3. The standard InChI is InChI=1S/C26H50N4O4S2/c1-19-21(25(17-33-19)8-12-27-13-9-25)29-36(32)24(6,7)16-30-14-10-26(11-15-30)18-34-20(2)22(26)28-35(31)23(3,4)5/h19-22,27-29H,8-18H2,1-7H3/t19-,20-,21-,22+,35-,36-/m1/s1. The number of rotatable bonds is 7. The highest BCUT2D eigenvalue weighted by atomic mass is 32.2. The fraction of sp³-hybridized carbons (Fsp3) is 1.00. The summed E-state index contributed by atoms with van der Waals surface area (Å²) in [6.45, 7) is 20.6. The van der Waals surface area contributed by atoms with Gasteiger partial charge in [-0.05, 0) is 100 Å². The van der Waals surface area contributed by atoms with Gasteiger partial charge in [-0.2, -0.15) is 0 Å². The molecule has 0 unspecified atom stereocenters. The number of nitrogens with one attached hydrogen (secondary N) is 3. The Bertz CT molecular complexity index is 732. The average molecular weight is 547 g/mol. The van der Waals surface area contributed by atoms with Gasteiger partial charge in [0, 0.05) is 33.6 Å². The van der Waals surface area contributed by atoms with Crippen LogP contribution in [0.5, 0.6) is 0 Å². The molecule has 0 bridgehead atoms. The Hall–Kier alpha value is 0.380. The van der Waals surface area contributed by atoms with Crippen molar-refractivity contribution >= 4 is 22.7 Å². The van der Waals surface area contributed by atoms with Crippen LogP contribution in [0, 0.1) is 10.8 Å². The fourth-order valence-electron chi connectivity index (χ4n) is 6.56. The Morgan fingerprint density at radius 3 is 1.81 bits per heavy atom. The van der Waals surface area contributed by atoms with E-state index in [0.29, 0.717) is 6.61 Å². The molecule has 0 aromatic rings. The lowest BCUT2D eigenvalue weighted by Crippen LogP contribution is -2.60. The summed E-state index contributed by atoms with van der Waals surface area (Å²) in [6.07, 6.45) is 4.25. The van der Waals surface area contributed by atoms with E-state index in [1.165, 1.54) is 0 Å². The molecule has 4 fully saturated rings. The molecule has 6 atom stereocenters. The summed E-state index contributed by atoms with van der Waals surface area (Å²) in [5.41, 5.74) is 0.0959. The third kappa shape index (κ3) is 6.08. The summed E-state index contributed by atoms with van der Waals surface area (Å²) in [4.78, 5) is 2.46. The first-order valence-corrected chi connectivity index (χ1v) is 16.1. The van der Waals surface area contributed by atoms with Gasteiger partial charge in [-0.15, -0.1) is 9.44 Å². The summed E-state index contributed by atoms with van der Waals surface area (Å²) < 4.78 is 45.0. The van der Waals surface area contributed by atoms with Gasteiger partial charge in [-0.3, -0.25) is 4.90 Å². The summed E-state index contributed by atoms with van der Waals surface area (Å²) in [6, 6.07) is 0.213. The Morgan fingerprint density at radius 1 is 0.833 bits per heavy atom. The van der Waals surface area contributed by atoms with Gasteiger partial charge in [-0.1, -0.05) is 0 Å². The maximum absolute atomic E-state index is 13.7. The van der Waals surface area contributed by atoms with Gasteiger partial charge in [0.1, 0.15) is 4.75 Å². The van der Waals surface area contributed by atoms with E-state index in [2.05, 4.69) is 47.4 Å². The van der Waals surface area contributed by atoms with Crippen molar-refractivity contribution in [3.05, 3.63) is 0 Å². The first kappa shape index (κ1) is 29.4. The predicted molar refractivity (Wildman–Crippen MR) is 147 cm³/mol. The number of likely N-dealkylation sites (tertiary alicyclic amines) is 1. The van der Waals surface area contributed by atoms with Crippen LogP contribution in [0.3, 0.4) is 0 Å². The normalized spacial score (nSPS) is 34.9. The second kappa shape index (κ2) is 11.1. The van der Waals surface area contributed by atoms with E-state index in [0.717, 1.165) is 65.0 Å². The van der Waals surface area contributed by atoms with Crippen molar-refractivity contribution in [3.8, 4) is 0 Å². The molecule has 0 aromatic carbocycles.